The van der Waals surface area contributed by atoms with E-state index in [2.05, 4.69) is 20.4 Å². The summed E-state index contributed by atoms with van der Waals surface area (Å²) in [5, 5.41) is 24.2. The van der Waals surface area contributed by atoms with Crippen LogP contribution in [-0.2, 0) is 17.8 Å². The van der Waals surface area contributed by atoms with Crippen molar-refractivity contribution in [3.05, 3.63) is 52.2 Å². The van der Waals surface area contributed by atoms with Crippen LogP contribution >= 0.6 is 0 Å². The van der Waals surface area contributed by atoms with Crippen LogP contribution in [0.25, 0.3) is 5.78 Å². The van der Waals surface area contributed by atoms with Gasteiger partial charge in [0.25, 0.3) is 11.3 Å². The van der Waals surface area contributed by atoms with E-state index in [1.54, 1.807) is 0 Å². The molecule has 0 atom stereocenters. The molecule has 0 bridgehead atoms. The second-order valence-electron chi connectivity index (χ2n) is 4.87. The Morgan fingerprint density at radius 3 is 2.96 bits per heavy atom. The van der Waals surface area contributed by atoms with Crippen LogP contribution in [0, 0.1) is 0 Å². The fourth-order valence-electron chi connectivity index (χ4n) is 2.09. The van der Waals surface area contributed by atoms with E-state index in [-0.39, 0.29) is 41.7 Å². The Morgan fingerprint density at radius 1 is 1.30 bits per heavy atom. The molecule has 0 unspecified atom stereocenters. The number of hydrogen-bond acceptors (Lipinski definition) is 6. The van der Waals surface area contributed by atoms with Gasteiger partial charge in [0, 0.05) is 18.2 Å². The molecule has 0 aliphatic carbocycles. The fraction of sp³-hybridized carbons (Fsp3) is 0.143. The molecular formula is C14H13N5O4. The molecule has 0 radical (unpaired) electrons. The van der Waals surface area contributed by atoms with Gasteiger partial charge in [-0.15, -0.1) is 0 Å². The summed E-state index contributed by atoms with van der Waals surface area (Å²) >= 11 is 0. The van der Waals surface area contributed by atoms with Gasteiger partial charge in [-0.3, -0.25) is 14.7 Å². The third-order valence-electron chi connectivity index (χ3n) is 3.20. The first-order valence-electron chi connectivity index (χ1n) is 6.72. The molecule has 23 heavy (non-hydrogen) atoms. The molecule has 0 aliphatic heterocycles. The quantitative estimate of drug-likeness (QED) is 0.488. The number of carbonyl (C=O) groups is 1. The Balaban J connectivity index is 1.69. The zero-order chi connectivity index (χ0) is 16.4. The summed E-state index contributed by atoms with van der Waals surface area (Å²) in [6, 6.07) is 5.29. The number of nitrogens with one attached hydrogen (secondary N) is 2. The Kier molecular flexibility index (Phi) is 3.67. The molecule has 9 heteroatoms. The van der Waals surface area contributed by atoms with E-state index >= 15 is 0 Å². The number of amides is 1. The van der Waals surface area contributed by atoms with Crippen LogP contribution < -0.4 is 10.9 Å². The number of phenols is 2. The second-order valence-corrected chi connectivity index (χ2v) is 4.87. The lowest BCUT2D eigenvalue weighted by Gasteiger charge is -2.07. The largest absolute Gasteiger partial charge is 0.508 e. The number of nitrogens with zero attached hydrogens (tertiary/aromatic N) is 3. The van der Waals surface area contributed by atoms with E-state index in [1.165, 1.54) is 30.6 Å². The number of phenolic OH excluding ortho intramolecular Hbond substituents is 2. The number of aromatic hydroxyl groups is 2. The van der Waals surface area contributed by atoms with Crippen LogP contribution in [0.2, 0.25) is 0 Å². The van der Waals surface area contributed by atoms with Gasteiger partial charge in [-0.1, -0.05) is 0 Å². The predicted molar refractivity (Wildman–Crippen MR) is 78.9 cm³/mol. The molecule has 1 aromatic carbocycles. The molecule has 9 nitrogen and oxygen atoms in total. The third kappa shape index (κ3) is 3.12. The van der Waals surface area contributed by atoms with E-state index in [4.69, 9.17) is 0 Å². The molecule has 3 aromatic rings. The van der Waals surface area contributed by atoms with Gasteiger partial charge in [-0.2, -0.15) is 4.52 Å². The van der Waals surface area contributed by atoms with Crippen LogP contribution in [0.4, 0.5) is 0 Å². The molecule has 2 aromatic heterocycles. The van der Waals surface area contributed by atoms with Crippen LogP contribution in [0.5, 0.6) is 11.5 Å². The number of rotatable bonds is 4. The van der Waals surface area contributed by atoms with E-state index < -0.39 is 0 Å². The van der Waals surface area contributed by atoms with Crippen molar-refractivity contribution < 1.29 is 15.0 Å². The van der Waals surface area contributed by atoms with Crippen molar-refractivity contribution in [1.29, 1.82) is 0 Å². The number of H-pyrrole nitrogens is 1. The van der Waals surface area contributed by atoms with E-state index in [1.807, 2.05) is 0 Å². The maximum Gasteiger partial charge on any atom is 0.274 e. The lowest BCUT2D eigenvalue weighted by Crippen LogP contribution is -2.26. The van der Waals surface area contributed by atoms with Crippen molar-refractivity contribution in [2.45, 2.75) is 13.0 Å². The lowest BCUT2D eigenvalue weighted by atomic mass is 10.2. The third-order valence-corrected chi connectivity index (χ3v) is 3.20. The highest BCUT2D eigenvalue weighted by molar-refractivity contribution is 5.78. The van der Waals surface area contributed by atoms with Crippen LogP contribution in [0.15, 0.2) is 35.4 Å². The molecule has 0 aliphatic rings. The number of aromatic amines is 1. The number of hydrogen-bond donors (Lipinski definition) is 4. The van der Waals surface area contributed by atoms with Crippen molar-refractivity contribution in [3.8, 4) is 11.5 Å². The first-order chi connectivity index (χ1) is 11.0. The molecular weight excluding hydrogens is 302 g/mol. The topological polar surface area (TPSA) is 133 Å². The molecule has 0 spiro atoms. The summed E-state index contributed by atoms with van der Waals surface area (Å²) in [6.45, 7) is 0.0443. The van der Waals surface area contributed by atoms with Gasteiger partial charge in [0.2, 0.25) is 5.91 Å². The number of benzene rings is 1. The average molecular weight is 315 g/mol. The molecule has 1 amide bonds. The maximum absolute atomic E-state index is 11.9. The first kappa shape index (κ1) is 14.6. The second kappa shape index (κ2) is 5.79. The van der Waals surface area contributed by atoms with E-state index in [0.717, 1.165) is 4.52 Å². The molecule has 0 fully saturated rings. The summed E-state index contributed by atoms with van der Waals surface area (Å²) in [5.74, 6) is -0.228. The summed E-state index contributed by atoms with van der Waals surface area (Å²) in [5.41, 5.74) is 0.315. The van der Waals surface area contributed by atoms with Crippen LogP contribution in [0.1, 0.15) is 11.3 Å². The number of fused-ring (bicyclic) bond motifs is 1. The predicted octanol–water partition coefficient (Wildman–Crippen LogP) is -0.312. The maximum atomic E-state index is 11.9. The van der Waals surface area contributed by atoms with Crippen LogP contribution in [-0.4, -0.2) is 35.7 Å². The Bertz CT molecular complexity index is 930. The zero-order valence-electron chi connectivity index (χ0n) is 11.9. The SMILES string of the molecule is O=C(Cc1cc(=O)n2[nH]cnc2n1)NCc1cc(O)ccc1O. The molecule has 118 valence electrons. The highest BCUT2D eigenvalue weighted by Gasteiger charge is 2.10. The van der Waals surface area contributed by atoms with Crippen molar-refractivity contribution >= 4 is 11.7 Å². The first-order valence-corrected chi connectivity index (χ1v) is 6.72. The lowest BCUT2D eigenvalue weighted by molar-refractivity contribution is -0.120. The highest BCUT2D eigenvalue weighted by Crippen LogP contribution is 2.21. The van der Waals surface area contributed by atoms with Crippen LogP contribution in [0.3, 0.4) is 0 Å². The molecule has 3 rings (SSSR count). The van der Waals surface area contributed by atoms with Crippen molar-refractivity contribution in [2.24, 2.45) is 0 Å². The summed E-state index contributed by atoms with van der Waals surface area (Å²) in [4.78, 5) is 31.7. The van der Waals surface area contributed by atoms with Gasteiger partial charge in [-0.25, -0.2) is 9.97 Å². The summed E-state index contributed by atoms with van der Waals surface area (Å²) < 4.78 is 1.16. The van der Waals surface area contributed by atoms with Gasteiger partial charge >= 0.3 is 0 Å². The molecule has 2 heterocycles. The zero-order valence-corrected chi connectivity index (χ0v) is 11.9. The Morgan fingerprint density at radius 2 is 2.13 bits per heavy atom. The molecule has 0 saturated heterocycles. The van der Waals surface area contributed by atoms with Gasteiger partial charge in [0.15, 0.2) is 0 Å². The summed E-state index contributed by atoms with van der Waals surface area (Å²) in [6.07, 6.45) is 1.23. The van der Waals surface area contributed by atoms with Gasteiger partial charge < -0.3 is 15.5 Å². The van der Waals surface area contributed by atoms with Gasteiger partial charge in [-0.05, 0) is 18.2 Å². The van der Waals surface area contributed by atoms with Crippen molar-refractivity contribution in [1.82, 2.24) is 24.9 Å². The minimum absolute atomic E-state index is 0.00859. The van der Waals surface area contributed by atoms with Crippen molar-refractivity contribution in [2.75, 3.05) is 0 Å². The molecule has 0 saturated carbocycles. The Labute approximate surface area is 129 Å². The fourth-order valence-corrected chi connectivity index (χ4v) is 2.09. The number of carbonyl (C=O) groups excluding carboxylic acids is 1. The average Bonchev–Trinajstić information content (AvgIpc) is 2.97. The highest BCUT2D eigenvalue weighted by atomic mass is 16.3. The minimum atomic E-state index is -0.375. The molecule has 4 N–H and O–H groups in total. The Hall–Kier alpha value is -3.36. The van der Waals surface area contributed by atoms with E-state index in [0.29, 0.717) is 11.3 Å². The van der Waals surface area contributed by atoms with E-state index in [9.17, 15) is 19.8 Å². The number of aromatic nitrogens is 4. The monoisotopic (exact) mass is 315 g/mol. The smallest absolute Gasteiger partial charge is 0.274 e. The van der Waals surface area contributed by atoms with Gasteiger partial charge in [0.05, 0.1) is 12.1 Å². The van der Waals surface area contributed by atoms with Crippen molar-refractivity contribution in [3.63, 3.8) is 0 Å². The summed E-state index contributed by atoms with van der Waals surface area (Å²) in [7, 11) is 0. The minimum Gasteiger partial charge on any atom is -0.508 e. The normalized spacial score (nSPS) is 10.8. The standard InChI is InChI=1S/C14H13N5O4/c20-10-1-2-11(21)8(3-10)6-15-12(22)4-9-5-13(23)19-14(18-9)16-7-17-19/h1-3,5,7,20-21H,4,6H2,(H,15,22)(H,16,17,18). The van der Waals surface area contributed by atoms with Gasteiger partial charge in [0.1, 0.15) is 17.8 Å².